The van der Waals surface area contributed by atoms with Gasteiger partial charge in [-0.05, 0) is 59.2 Å². The monoisotopic (exact) mass is 440 g/mol. The number of hydrogen-bond acceptors (Lipinski definition) is 3. The fourth-order valence-corrected chi connectivity index (χ4v) is 4.43. The number of ether oxygens (including phenoxy) is 3. The molecule has 4 rings (SSSR count). The summed E-state index contributed by atoms with van der Waals surface area (Å²) >= 11 is 0. The summed E-state index contributed by atoms with van der Waals surface area (Å²) in [7, 11) is 1.67. The second-order valence-electron chi connectivity index (χ2n) is 8.50. The van der Waals surface area contributed by atoms with Gasteiger partial charge in [-0.3, -0.25) is 0 Å². The van der Waals surface area contributed by atoms with E-state index < -0.39 is 0 Å². The minimum atomic E-state index is 0.388. The summed E-state index contributed by atoms with van der Waals surface area (Å²) in [5, 5.41) is 0. The summed E-state index contributed by atoms with van der Waals surface area (Å²) in [5.41, 5.74) is 5.42. The van der Waals surface area contributed by atoms with Crippen LogP contribution in [0.1, 0.15) is 53.9 Å². The van der Waals surface area contributed by atoms with E-state index in [9.17, 15) is 0 Å². The maximum atomic E-state index is 6.31. The Labute approximate surface area is 197 Å². The van der Waals surface area contributed by atoms with Gasteiger partial charge >= 0.3 is 0 Å². The molecule has 0 amide bonds. The highest BCUT2D eigenvalue weighted by Crippen LogP contribution is 2.41. The third-order valence-electron chi connectivity index (χ3n) is 6.30. The highest BCUT2D eigenvalue weighted by Gasteiger charge is 2.22. The predicted octanol–water partition coefficient (Wildman–Crippen LogP) is 7.67. The Hall–Kier alpha value is -3.46. The maximum Gasteiger partial charge on any atom is 0.130 e. The summed E-state index contributed by atoms with van der Waals surface area (Å²) in [6, 6.07) is 22.3. The molecule has 3 heteroatoms. The van der Waals surface area contributed by atoms with E-state index in [1.807, 2.05) is 54.6 Å². The Morgan fingerprint density at radius 2 is 1.67 bits per heavy atom. The lowest BCUT2D eigenvalue weighted by molar-refractivity contribution is 0.301. The lowest BCUT2D eigenvalue weighted by atomic mass is 9.92. The van der Waals surface area contributed by atoms with Crippen LogP contribution >= 0.6 is 0 Å². The van der Waals surface area contributed by atoms with E-state index in [4.69, 9.17) is 14.2 Å². The van der Waals surface area contributed by atoms with E-state index in [1.165, 1.54) is 31.2 Å². The Kier molecular flexibility index (Phi) is 7.51. The van der Waals surface area contributed by atoms with Crippen LogP contribution in [0.5, 0.6) is 17.2 Å². The number of hydrogen-bond donors (Lipinski definition) is 0. The van der Waals surface area contributed by atoms with Crippen molar-refractivity contribution in [2.24, 2.45) is 0 Å². The van der Waals surface area contributed by atoms with Crippen molar-refractivity contribution < 1.29 is 14.2 Å². The first kappa shape index (κ1) is 22.7. The average Bonchev–Trinajstić information content (AvgIpc) is 3.41. The molecule has 33 heavy (non-hydrogen) atoms. The van der Waals surface area contributed by atoms with Crippen molar-refractivity contribution in [2.45, 2.75) is 38.2 Å². The number of benzene rings is 3. The highest BCUT2D eigenvalue weighted by atomic mass is 16.5. The third kappa shape index (κ3) is 5.67. The van der Waals surface area contributed by atoms with Gasteiger partial charge in [-0.25, -0.2) is 0 Å². The molecule has 1 aliphatic rings. The Bertz CT molecular complexity index is 1080. The van der Waals surface area contributed by atoms with Crippen molar-refractivity contribution in [1.29, 1.82) is 0 Å². The maximum absolute atomic E-state index is 6.31. The summed E-state index contributed by atoms with van der Waals surface area (Å²) in [6.45, 7) is 9.23. The van der Waals surface area contributed by atoms with E-state index in [-0.39, 0.29) is 0 Å². The van der Waals surface area contributed by atoms with E-state index in [0.717, 1.165) is 39.5 Å². The molecule has 1 saturated carbocycles. The van der Waals surface area contributed by atoms with E-state index in [2.05, 4.69) is 31.4 Å². The Morgan fingerprint density at radius 3 is 2.33 bits per heavy atom. The van der Waals surface area contributed by atoms with Crippen LogP contribution < -0.4 is 14.2 Å². The third-order valence-corrected chi connectivity index (χ3v) is 6.30. The SMILES string of the molecule is C=Cc1c(OCC(=C)c2ccc(OC)cc2)cc(OCc2ccccc2)cc1C1CCCC1. The van der Waals surface area contributed by atoms with Crippen LogP contribution in [-0.2, 0) is 6.61 Å². The Morgan fingerprint density at radius 1 is 0.939 bits per heavy atom. The zero-order valence-electron chi connectivity index (χ0n) is 19.4. The molecular weight excluding hydrogens is 408 g/mol. The molecule has 3 aromatic rings. The Balaban J connectivity index is 1.56. The highest BCUT2D eigenvalue weighted by molar-refractivity contribution is 5.67. The fraction of sp³-hybridized carbons (Fsp3) is 0.267. The predicted molar refractivity (Wildman–Crippen MR) is 136 cm³/mol. The first-order valence-corrected chi connectivity index (χ1v) is 11.6. The molecule has 0 spiro atoms. The molecule has 170 valence electrons. The summed E-state index contributed by atoms with van der Waals surface area (Å²) in [6.07, 6.45) is 6.84. The molecule has 3 nitrogen and oxygen atoms in total. The van der Waals surface area contributed by atoms with Crippen molar-refractivity contribution in [3.63, 3.8) is 0 Å². The average molecular weight is 441 g/mol. The zero-order valence-corrected chi connectivity index (χ0v) is 19.4. The summed E-state index contributed by atoms with van der Waals surface area (Å²) in [5.74, 6) is 2.97. The second kappa shape index (κ2) is 10.9. The lowest BCUT2D eigenvalue weighted by Gasteiger charge is -2.20. The molecule has 0 aromatic heterocycles. The van der Waals surface area contributed by atoms with Crippen LogP contribution in [-0.4, -0.2) is 13.7 Å². The molecule has 1 aliphatic carbocycles. The molecule has 0 aliphatic heterocycles. The van der Waals surface area contributed by atoms with Gasteiger partial charge in [-0.1, -0.05) is 74.5 Å². The van der Waals surface area contributed by atoms with Crippen LogP contribution in [0.15, 0.2) is 79.9 Å². The van der Waals surface area contributed by atoms with Crippen LogP contribution in [0.3, 0.4) is 0 Å². The van der Waals surface area contributed by atoms with Gasteiger partial charge in [0.25, 0.3) is 0 Å². The molecular formula is C30H32O3. The van der Waals surface area contributed by atoms with Gasteiger partial charge in [0.1, 0.15) is 30.5 Å². The van der Waals surface area contributed by atoms with Crippen molar-refractivity contribution in [3.8, 4) is 17.2 Å². The molecule has 0 radical (unpaired) electrons. The van der Waals surface area contributed by atoms with Gasteiger partial charge in [0.15, 0.2) is 0 Å². The molecule has 0 bridgehead atoms. The molecule has 1 fully saturated rings. The fourth-order valence-electron chi connectivity index (χ4n) is 4.43. The van der Waals surface area contributed by atoms with Crippen LogP contribution in [0.4, 0.5) is 0 Å². The van der Waals surface area contributed by atoms with E-state index in [1.54, 1.807) is 7.11 Å². The van der Waals surface area contributed by atoms with Gasteiger partial charge in [-0.15, -0.1) is 0 Å². The first-order valence-electron chi connectivity index (χ1n) is 11.6. The quantitative estimate of drug-likeness (QED) is 0.324. The van der Waals surface area contributed by atoms with Crippen molar-refractivity contribution >= 4 is 11.6 Å². The molecule has 0 atom stereocenters. The van der Waals surface area contributed by atoms with E-state index in [0.29, 0.717) is 19.1 Å². The standard InChI is InChI=1S/C30H32O3/c1-4-28-29(25-12-8-9-13-25)18-27(32-21-23-10-6-5-7-11-23)19-30(28)33-20-22(2)24-14-16-26(31-3)17-15-24/h4-7,10-11,14-19,25H,1-2,8-9,12-13,20-21H2,3H3. The minimum absolute atomic E-state index is 0.388. The summed E-state index contributed by atoms with van der Waals surface area (Å²) in [4.78, 5) is 0. The van der Waals surface area contributed by atoms with Gasteiger partial charge in [0.05, 0.1) is 7.11 Å². The van der Waals surface area contributed by atoms with Gasteiger partial charge in [-0.2, -0.15) is 0 Å². The minimum Gasteiger partial charge on any atom is -0.497 e. The first-order chi connectivity index (χ1) is 16.2. The smallest absolute Gasteiger partial charge is 0.130 e. The zero-order chi connectivity index (χ0) is 23.0. The molecule has 0 N–H and O–H groups in total. The number of methoxy groups -OCH3 is 1. The topological polar surface area (TPSA) is 27.7 Å². The molecule has 0 saturated heterocycles. The molecule has 0 unspecified atom stereocenters. The summed E-state index contributed by atoms with van der Waals surface area (Å²) < 4.78 is 17.8. The normalized spacial score (nSPS) is 13.5. The van der Waals surface area contributed by atoms with Crippen LogP contribution in [0.2, 0.25) is 0 Å². The van der Waals surface area contributed by atoms with Crippen molar-refractivity contribution in [2.75, 3.05) is 13.7 Å². The van der Waals surface area contributed by atoms with E-state index >= 15 is 0 Å². The number of rotatable bonds is 10. The molecule has 0 heterocycles. The largest absolute Gasteiger partial charge is 0.497 e. The van der Waals surface area contributed by atoms with Gasteiger partial charge in [0, 0.05) is 11.6 Å². The van der Waals surface area contributed by atoms with Crippen molar-refractivity contribution in [1.82, 2.24) is 0 Å². The molecule has 3 aromatic carbocycles. The van der Waals surface area contributed by atoms with Crippen LogP contribution in [0.25, 0.3) is 11.6 Å². The lowest BCUT2D eigenvalue weighted by Crippen LogP contribution is -2.06. The van der Waals surface area contributed by atoms with Crippen LogP contribution in [0, 0.1) is 0 Å². The van der Waals surface area contributed by atoms with Crippen molar-refractivity contribution in [3.05, 3.63) is 102 Å². The van der Waals surface area contributed by atoms with Gasteiger partial charge in [0.2, 0.25) is 0 Å². The second-order valence-corrected chi connectivity index (χ2v) is 8.50. The van der Waals surface area contributed by atoms with Gasteiger partial charge < -0.3 is 14.2 Å².